The Labute approximate surface area is 230 Å². The minimum atomic E-state index is 0.0652. The summed E-state index contributed by atoms with van der Waals surface area (Å²) in [5.74, 6) is 0.992. The second-order valence-electron chi connectivity index (χ2n) is 12.1. The van der Waals surface area contributed by atoms with Crippen LogP contribution in [-0.4, -0.2) is 60.9 Å². The highest BCUT2D eigenvalue weighted by molar-refractivity contribution is 5.33. The van der Waals surface area contributed by atoms with Gasteiger partial charge < -0.3 is 19.7 Å². The van der Waals surface area contributed by atoms with E-state index in [1.165, 1.54) is 33.9 Å². The number of hydrogen-bond donors (Lipinski definition) is 1. The van der Waals surface area contributed by atoms with Crippen molar-refractivity contribution in [3.8, 4) is 0 Å². The molecular formula is C32H50N4O2. The number of pyridine rings is 2. The van der Waals surface area contributed by atoms with Gasteiger partial charge in [0.15, 0.2) is 0 Å². The normalized spacial score (nSPS) is 21.5. The molecule has 1 N–H and O–H groups in total. The molecule has 0 amide bonds. The van der Waals surface area contributed by atoms with Crippen LogP contribution < -0.4 is 5.32 Å². The lowest BCUT2D eigenvalue weighted by Crippen LogP contribution is -2.32. The van der Waals surface area contributed by atoms with Gasteiger partial charge in [-0.05, 0) is 87.7 Å². The number of nitrogens with one attached hydrogen (secondary N) is 1. The summed E-state index contributed by atoms with van der Waals surface area (Å²) in [5.41, 5.74) is 7.64. The minimum Gasteiger partial charge on any atom is -0.381 e. The SMILES string of the molecule is CCc1ccc(C2CCOCC2)c(CNC(C)CCN(C)Cc2nc(C(C)C)ccc2C2(C)CCOC2)n1. The topological polar surface area (TPSA) is 59.5 Å². The molecule has 0 saturated carbocycles. The monoisotopic (exact) mass is 522 g/mol. The number of aromatic nitrogens is 2. The second-order valence-corrected chi connectivity index (χ2v) is 12.1. The number of aryl methyl sites for hydroxylation is 1. The van der Waals surface area contributed by atoms with Gasteiger partial charge in [0.05, 0.1) is 18.0 Å². The van der Waals surface area contributed by atoms with E-state index in [-0.39, 0.29) is 5.41 Å². The first-order chi connectivity index (χ1) is 18.3. The third-order valence-electron chi connectivity index (χ3n) is 8.53. The maximum Gasteiger partial charge on any atom is 0.0585 e. The fourth-order valence-electron chi connectivity index (χ4n) is 5.79. The molecule has 4 heterocycles. The smallest absolute Gasteiger partial charge is 0.0585 e. The number of hydrogen-bond acceptors (Lipinski definition) is 6. The predicted molar refractivity (Wildman–Crippen MR) is 155 cm³/mol. The van der Waals surface area contributed by atoms with Crippen LogP contribution in [0.3, 0.4) is 0 Å². The summed E-state index contributed by atoms with van der Waals surface area (Å²) in [7, 11) is 2.23. The van der Waals surface area contributed by atoms with E-state index in [1.807, 2.05) is 0 Å². The molecule has 2 atom stereocenters. The molecule has 0 bridgehead atoms. The van der Waals surface area contributed by atoms with Crippen molar-refractivity contribution in [2.45, 2.75) is 103 Å². The maximum atomic E-state index is 5.80. The van der Waals surface area contributed by atoms with Gasteiger partial charge in [0.25, 0.3) is 0 Å². The zero-order chi connectivity index (χ0) is 27.1. The first kappa shape index (κ1) is 29.1. The fraction of sp³-hybridized carbons (Fsp3) is 0.688. The Morgan fingerprint density at radius 2 is 1.82 bits per heavy atom. The van der Waals surface area contributed by atoms with Crippen molar-refractivity contribution in [3.63, 3.8) is 0 Å². The molecule has 0 radical (unpaired) electrons. The highest BCUT2D eigenvalue weighted by Crippen LogP contribution is 2.35. The van der Waals surface area contributed by atoms with Crippen LogP contribution in [-0.2, 0) is 34.4 Å². The van der Waals surface area contributed by atoms with Gasteiger partial charge in [-0.3, -0.25) is 9.97 Å². The van der Waals surface area contributed by atoms with Gasteiger partial charge >= 0.3 is 0 Å². The molecule has 0 aliphatic carbocycles. The highest BCUT2D eigenvalue weighted by Gasteiger charge is 2.34. The summed E-state index contributed by atoms with van der Waals surface area (Å²) in [6.45, 7) is 17.3. The Hall–Kier alpha value is -1.86. The van der Waals surface area contributed by atoms with Crippen LogP contribution in [0.2, 0.25) is 0 Å². The Bertz CT molecular complexity index is 1030. The molecule has 2 aromatic heterocycles. The lowest BCUT2D eigenvalue weighted by atomic mass is 9.80. The second kappa shape index (κ2) is 13.5. The standard InChI is InChI=1S/C32H50N4O2/c1-7-26-8-9-27(25-13-17-37-18-14-25)30(34-26)20-33-24(4)12-16-36(6)21-31-28(32(5)15-19-38-22-32)10-11-29(35-31)23(2)3/h8-11,23-25,33H,7,12-22H2,1-6H3. The summed E-state index contributed by atoms with van der Waals surface area (Å²) in [6, 6.07) is 9.47. The van der Waals surface area contributed by atoms with Crippen LogP contribution in [0.1, 0.15) is 106 Å². The van der Waals surface area contributed by atoms with Crippen molar-refractivity contribution >= 4 is 0 Å². The molecule has 6 heteroatoms. The van der Waals surface area contributed by atoms with Crippen molar-refractivity contribution in [2.75, 3.05) is 40.0 Å². The fourth-order valence-corrected chi connectivity index (χ4v) is 5.79. The van der Waals surface area contributed by atoms with E-state index in [1.54, 1.807) is 0 Å². The van der Waals surface area contributed by atoms with Crippen molar-refractivity contribution in [3.05, 3.63) is 58.2 Å². The molecule has 2 unspecified atom stereocenters. The molecular weight excluding hydrogens is 472 g/mol. The van der Waals surface area contributed by atoms with Gasteiger partial charge in [0.2, 0.25) is 0 Å². The van der Waals surface area contributed by atoms with E-state index in [0.29, 0.717) is 17.9 Å². The Balaban J connectivity index is 1.35. The molecule has 0 spiro atoms. The summed E-state index contributed by atoms with van der Waals surface area (Å²) in [5, 5.41) is 3.78. The number of rotatable bonds is 12. The first-order valence-electron chi connectivity index (χ1n) is 14.9. The lowest BCUT2D eigenvalue weighted by molar-refractivity contribution is 0.0850. The third-order valence-corrected chi connectivity index (χ3v) is 8.53. The molecule has 4 rings (SSSR count). The van der Waals surface area contributed by atoms with Crippen LogP contribution in [0.4, 0.5) is 0 Å². The molecule has 2 aromatic rings. The zero-order valence-electron chi connectivity index (χ0n) is 24.7. The molecule has 2 aliphatic heterocycles. The van der Waals surface area contributed by atoms with Crippen LogP contribution in [0.5, 0.6) is 0 Å². The van der Waals surface area contributed by atoms with Crippen molar-refractivity contribution in [2.24, 2.45) is 0 Å². The minimum absolute atomic E-state index is 0.0652. The van der Waals surface area contributed by atoms with Crippen LogP contribution >= 0.6 is 0 Å². The largest absolute Gasteiger partial charge is 0.381 e. The van der Waals surface area contributed by atoms with E-state index in [9.17, 15) is 0 Å². The zero-order valence-corrected chi connectivity index (χ0v) is 24.7. The molecule has 38 heavy (non-hydrogen) atoms. The van der Waals surface area contributed by atoms with E-state index in [2.05, 4.69) is 76.1 Å². The van der Waals surface area contributed by atoms with Crippen molar-refractivity contribution in [1.82, 2.24) is 20.2 Å². The van der Waals surface area contributed by atoms with E-state index in [4.69, 9.17) is 19.4 Å². The molecule has 210 valence electrons. The average Bonchev–Trinajstić information content (AvgIpc) is 3.38. The van der Waals surface area contributed by atoms with Gasteiger partial charge in [0, 0.05) is 55.8 Å². The van der Waals surface area contributed by atoms with Crippen molar-refractivity contribution < 1.29 is 9.47 Å². The molecule has 2 saturated heterocycles. The highest BCUT2D eigenvalue weighted by atomic mass is 16.5. The Morgan fingerprint density at radius 3 is 2.50 bits per heavy atom. The number of nitrogens with zero attached hydrogens (tertiary/aromatic N) is 3. The van der Waals surface area contributed by atoms with Crippen LogP contribution in [0, 0.1) is 0 Å². The molecule has 2 aliphatic rings. The lowest BCUT2D eigenvalue weighted by Gasteiger charge is -2.28. The number of ether oxygens (including phenoxy) is 2. The van der Waals surface area contributed by atoms with E-state index >= 15 is 0 Å². The maximum absolute atomic E-state index is 5.80. The van der Waals surface area contributed by atoms with Crippen molar-refractivity contribution in [1.29, 1.82) is 0 Å². The van der Waals surface area contributed by atoms with E-state index in [0.717, 1.165) is 78.2 Å². The third kappa shape index (κ3) is 7.41. The summed E-state index contributed by atoms with van der Waals surface area (Å²) < 4.78 is 11.4. The van der Waals surface area contributed by atoms with Crippen LogP contribution in [0.15, 0.2) is 24.3 Å². The summed E-state index contributed by atoms with van der Waals surface area (Å²) >= 11 is 0. The molecule has 2 fully saturated rings. The van der Waals surface area contributed by atoms with Gasteiger partial charge in [-0.1, -0.05) is 39.8 Å². The van der Waals surface area contributed by atoms with E-state index < -0.39 is 0 Å². The summed E-state index contributed by atoms with van der Waals surface area (Å²) in [4.78, 5) is 12.6. The molecule has 0 aromatic carbocycles. The van der Waals surface area contributed by atoms with Crippen LogP contribution in [0.25, 0.3) is 0 Å². The van der Waals surface area contributed by atoms with Gasteiger partial charge in [-0.15, -0.1) is 0 Å². The molecule has 6 nitrogen and oxygen atoms in total. The van der Waals surface area contributed by atoms with Gasteiger partial charge in [-0.25, -0.2) is 0 Å². The average molecular weight is 523 g/mol. The Morgan fingerprint density at radius 1 is 1.03 bits per heavy atom. The quantitative estimate of drug-likeness (QED) is 0.384. The Kier molecular flexibility index (Phi) is 10.3. The van der Waals surface area contributed by atoms with Gasteiger partial charge in [0.1, 0.15) is 0 Å². The van der Waals surface area contributed by atoms with Gasteiger partial charge in [-0.2, -0.15) is 0 Å². The predicted octanol–water partition coefficient (Wildman–Crippen LogP) is 5.73. The summed E-state index contributed by atoms with van der Waals surface area (Å²) in [6.07, 6.45) is 5.31. The first-order valence-corrected chi connectivity index (χ1v) is 14.9.